The Morgan fingerprint density at radius 3 is 2.61 bits per heavy atom. The molecule has 4 nitrogen and oxygen atoms in total. The van der Waals surface area contributed by atoms with E-state index in [9.17, 15) is 8.78 Å². The van der Waals surface area contributed by atoms with Crippen molar-refractivity contribution < 1.29 is 8.78 Å². The van der Waals surface area contributed by atoms with E-state index in [0.717, 1.165) is 35.6 Å². The van der Waals surface area contributed by atoms with Gasteiger partial charge in [-0.05, 0) is 68.7 Å². The highest BCUT2D eigenvalue weighted by molar-refractivity contribution is 5.59. The number of rotatable bonds is 3. The number of aromatic nitrogens is 2. The first kappa shape index (κ1) is 18.3. The van der Waals surface area contributed by atoms with Crippen LogP contribution < -0.4 is 10.2 Å². The van der Waals surface area contributed by atoms with Crippen LogP contribution in [0, 0.1) is 25.5 Å². The molecular formula is C22H22F2N4. The summed E-state index contributed by atoms with van der Waals surface area (Å²) in [5.74, 6) is 0.684. The van der Waals surface area contributed by atoms with Crippen LogP contribution >= 0.6 is 0 Å². The fourth-order valence-electron chi connectivity index (χ4n) is 3.72. The molecule has 1 atom stereocenters. The third-order valence-electron chi connectivity index (χ3n) is 5.36. The highest BCUT2D eigenvalue weighted by Gasteiger charge is 2.27. The van der Waals surface area contributed by atoms with Gasteiger partial charge < -0.3 is 10.2 Å². The Kier molecular flexibility index (Phi) is 4.71. The molecule has 1 N–H and O–H groups in total. The van der Waals surface area contributed by atoms with Crippen molar-refractivity contribution in [1.82, 2.24) is 9.97 Å². The average molecular weight is 380 g/mol. The molecule has 1 aromatic heterocycles. The van der Waals surface area contributed by atoms with Crippen molar-refractivity contribution in [3.05, 3.63) is 76.5 Å². The standard InChI is InChI=1S/C22H22F2N4/c1-13-14(2)25-22(26-19-6-4-5-17(23)11-19)27-21(13)28-10-9-16-7-8-18(24)12-20(16)15(28)3/h4-8,11-12,15H,9-10H2,1-3H3,(H,25,26,27). The maximum atomic E-state index is 13.8. The molecule has 0 fully saturated rings. The number of nitrogens with one attached hydrogen (secondary N) is 1. The summed E-state index contributed by atoms with van der Waals surface area (Å²) in [6, 6.07) is 11.2. The minimum Gasteiger partial charge on any atom is -0.349 e. The molecule has 0 saturated heterocycles. The van der Waals surface area contributed by atoms with Crippen molar-refractivity contribution >= 4 is 17.5 Å². The normalized spacial score (nSPS) is 16.0. The summed E-state index contributed by atoms with van der Waals surface area (Å²) in [6.45, 7) is 6.77. The second-order valence-corrected chi connectivity index (χ2v) is 7.18. The van der Waals surface area contributed by atoms with Crippen LogP contribution in [-0.4, -0.2) is 16.5 Å². The molecule has 1 aliphatic heterocycles. The molecule has 4 rings (SSSR count). The Hall–Kier alpha value is -3.02. The Bertz CT molecular complexity index is 1040. The van der Waals surface area contributed by atoms with E-state index in [2.05, 4.69) is 22.1 Å². The SMILES string of the molecule is Cc1nc(Nc2cccc(F)c2)nc(N2CCc3ccc(F)cc3C2C)c1C. The topological polar surface area (TPSA) is 41.1 Å². The summed E-state index contributed by atoms with van der Waals surface area (Å²) in [4.78, 5) is 11.4. The van der Waals surface area contributed by atoms with E-state index in [4.69, 9.17) is 4.98 Å². The maximum absolute atomic E-state index is 13.8. The predicted molar refractivity (Wildman–Crippen MR) is 107 cm³/mol. The number of fused-ring (bicyclic) bond motifs is 1. The largest absolute Gasteiger partial charge is 0.349 e. The number of anilines is 3. The van der Waals surface area contributed by atoms with Crippen LogP contribution in [0.3, 0.4) is 0 Å². The van der Waals surface area contributed by atoms with Crippen LogP contribution in [0.15, 0.2) is 42.5 Å². The van der Waals surface area contributed by atoms with Gasteiger partial charge in [0.15, 0.2) is 0 Å². The van der Waals surface area contributed by atoms with Gasteiger partial charge in [-0.1, -0.05) is 12.1 Å². The molecule has 0 saturated carbocycles. The zero-order chi connectivity index (χ0) is 19.8. The Balaban J connectivity index is 1.70. The van der Waals surface area contributed by atoms with Gasteiger partial charge in [0.1, 0.15) is 17.5 Å². The minimum absolute atomic E-state index is 0.00512. The highest BCUT2D eigenvalue weighted by Crippen LogP contribution is 2.35. The summed E-state index contributed by atoms with van der Waals surface area (Å²) < 4.78 is 27.3. The van der Waals surface area contributed by atoms with Crippen LogP contribution in [0.2, 0.25) is 0 Å². The Morgan fingerprint density at radius 1 is 1.04 bits per heavy atom. The van der Waals surface area contributed by atoms with Crippen LogP contribution in [0.25, 0.3) is 0 Å². The first-order valence-electron chi connectivity index (χ1n) is 9.35. The zero-order valence-electron chi connectivity index (χ0n) is 16.1. The van der Waals surface area contributed by atoms with E-state index in [-0.39, 0.29) is 17.7 Å². The van der Waals surface area contributed by atoms with Gasteiger partial charge in [-0.15, -0.1) is 0 Å². The molecule has 1 unspecified atom stereocenters. The van der Waals surface area contributed by atoms with Gasteiger partial charge in [-0.25, -0.2) is 13.8 Å². The van der Waals surface area contributed by atoms with Crippen molar-refractivity contribution in [1.29, 1.82) is 0 Å². The van der Waals surface area contributed by atoms with Gasteiger partial charge in [-0.2, -0.15) is 4.98 Å². The molecule has 0 bridgehead atoms. The lowest BCUT2D eigenvalue weighted by atomic mass is 9.93. The number of hydrogen-bond donors (Lipinski definition) is 1. The third kappa shape index (κ3) is 3.42. The van der Waals surface area contributed by atoms with Crippen molar-refractivity contribution in [3.63, 3.8) is 0 Å². The predicted octanol–water partition coefficient (Wildman–Crippen LogP) is 5.24. The summed E-state index contributed by atoms with van der Waals surface area (Å²) in [5.41, 5.74) is 4.58. The number of hydrogen-bond acceptors (Lipinski definition) is 4. The summed E-state index contributed by atoms with van der Waals surface area (Å²) >= 11 is 0. The van der Waals surface area contributed by atoms with Crippen molar-refractivity contribution in [2.45, 2.75) is 33.2 Å². The molecule has 2 heterocycles. The van der Waals surface area contributed by atoms with Gasteiger partial charge in [0.05, 0.1) is 6.04 Å². The van der Waals surface area contributed by atoms with E-state index in [1.165, 1.54) is 23.8 Å². The summed E-state index contributed by atoms with van der Waals surface area (Å²) in [6.07, 6.45) is 0.828. The number of nitrogens with zero attached hydrogens (tertiary/aromatic N) is 3. The molecular weight excluding hydrogens is 358 g/mol. The number of aryl methyl sites for hydroxylation is 1. The summed E-state index contributed by atoms with van der Waals surface area (Å²) in [7, 11) is 0. The van der Waals surface area contributed by atoms with Gasteiger partial charge in [0, 0.05) is 23.5 Å². The third-order valence-corrected chi connectivity index (χ3v) is 5.36. The van der Waals surface area contributed by atoms with Crippen LogP contribution in [0.4, 0.5) is 26.2 Å². The van der Waals surface area contributed by atoms with Crippen molar-refractivity contribution in [2.75, 3.05) is 16.8 Å². The van der Waals surface area contributed by atoms with Crippen molar-refractivity contribution in [3.8, 4) is 0 Å². The zero-order valence-corrected chi connectivity index (χ0v) is 16.1. The number of benzene rings is 2. The quantitative estimate of drug-likeness (QED) is 0.675. The number of halogens is 2. The van der Waals surface area contributed by atoms with Crippen LogP contribution in [0.5, 0.6) is 0 Å². The molecule has 28 heavy (non-hydrogen) atoms. The smallest absolute Gasteiger partial charge is 0.229 e. The Labute approximate surface area is 163 Å². The fourth-order valence-corrected chi connectivity index (χ4v) is 3.72. The van der Waals surface area contributed by atoms with Crippen LogP contribution in [0.1, 0.15) is 35.3 Å². The molecule has 0 amide bonds. The summed E-state index contributed by atoms with van der Waals surface area (Å²) in [5, 5.41) is 3.09. The maximum Gasteiger partial charge on any atom is 0.229 e. The molecule has 0 spiro atoms. The second-order valence-electron chi connectivity index (χ2n) is 7.18. The van der Waals surface area contributed by atoms with E-state index >= 15 is 0 Å². The molecule has 144 valence electrons. The monoisotopic (exact) mass is 380 g/mol. The van der Waals surface area contributed by atoms with E-state index in [0.29, 0.717) is 11.6 Å². The van der Waals surface area contributed by atoms with Gasteiger partial charge in [0.25, 0.3) is 0 Å². The molecule has 3 aromatic rings. The molecule has 6 heteroatoms. The second kappa shape index (κ2) is 7.19. The van der Waals surface area contributed by atoms with E-state index in [1.807, 2.05) is 19.9 Å². The van der Waals surface area contributed by atoms with Gasteiger partial charge >= 0.3 is 0 Å². The van der Waals surface area contributed by atoms with E-state index < -0.39 is 0 Å². The molecule has 1 aliphatic rings. The van der Waals surface area contributed by atoms with Gasteiger partial charge in [-0.3, -0.25) is 0 Å². The Morgan fingerprint density at radius 2 is 1.82 bits per heavy atom. The highest BCUT2D eigenvalue weighted by atomic mass is 19.1. The lowest BCUT2D eigenvalue weighted by Gasteiger charge is -2.37. The lowest BCUT2D eigenvalue weighted by Crippen LogP contribution is -2.35. The lowest BCUT2D eigenvalue weighted by molar-refractivity contribution is 0.589. The van der Waals surface area contributed by atoms with Gasteiger partial charge in [0.2, 0.25) is 5.95 Å². The van der Waals surface area contributed by atoms with Crippen LogP contribution in [-0.2, 0) is 6.42 Å². The average Bonchev–Trinajstić information content (AvgIpc) is 2.66. The minimum atomic E-state index is -0.322. The molecule has 0 radical (unpaired) electrons. The molecule has 0 aliphatic carbocycles. The first-order valence-corrected chi connectivity index (χ1v) is 9.35. The molecule has 2 aromatic carbocycles. The van der Waals surface area contributed by atoms with E-state index in [1.54, 1.807) is 18.2 Å². The first-order chi connectivity index (χ1) is 13.4. The fraction of sp³-hybridized carbons (Fsp3) is 0.273. The van der Waals surface area contributed by atoms with Crippen molar-refractivity contribution in [2.24, 2.45) is 0 Å².